The summed E-state index contributed by atoms with van der Waals surface area (Å²) in [5.41, 5.74) is 4.35. The Morgan fingerprint density at radius 3 is 1.33 bits per heavy atom. The lowest BCUT2D eigenvalue weighted by molar-refractivity contribution is -0.140. The van der Waals surface area contributed by atoms with Gasteiger partial charge in [0.15, 0.2) is 5.78 Å². The van der Waals surface area contributed by atoms with E-state index in [2.05, 4.69) is 15.0 Å². The highest BCUT2D eigenvalue weighted by Crippen LogP contribution is 2.25. The number of hydrogen-bond acceptors (Lipinski definition) is 11. The number of urea groups is 2. The first-order valence-electron chi connectivity index (χ1n) is 20.6. The number of esters is 2. The lowest BCUT2D eigenvalue weighted by atomic mass is 10.1. The van der Waals surface area contributed by atoms with Crippen LogP contribution in [0.4, 0.5) is 21.0 Å². The van der Waals surface area contributed by atoms with Crippen molar-refractivity contribution in [3.8, 4) is 0 Å². The zero-order valence-electron chi connectivity index (χ0n) is 35.8. The highest BCUT2D eigenvalue weighted by Gasteiger charge is 2.32. The molecule has 8 rings (SSSR count). The second kappa shape index (κ2) is 24.7. The molecule has 4 amide bonds. The van der Waals surface area contributed by atoms with Crippen molar-refractivity contribution >= 4 is 76.8 Å². The van der Waals surface area contributed by atoms with Gasteiger partial charge < -0.3 is 34.1 Å². The number of benzene rings is 4. The van der Waals surface area contributed by atoms with Crippen molar-refractivity contribution in [3.63, 3.8) is 0 Å². The van der Waals surface area contributed by atoms with E-state index in [9.17, 15) is 24.0 Å². The molecule has 4 aliphatic rings. The molecule has 1 N–H and O–H groups in total. The van der Waals surface area contributed by atoms with Crippen LogP contribution in [0.1, 0.15) is 31.8 Å². The minimum absolute atomic E-state index is 0. The number of Topliss-reactive ketones (excluding diaryl/α,β-unsaturated/α-hetero) is 1. The number of anilines is 2. The molecular formula is C46H53Cl3N6O9. The van der Waals surface area contributed by atoms with E-state index in [4.69, 9.17) is 37.4 Å². The van der Waals surface area contributed by atoms with E-state index >= 15 is 0 Å². The van der Waals surface area contributed by atoms with Crippen molar-refractivity contribution in [3.05, 3.63) is 129 Å². The quantitative estimate of drug-likeness (QED) is 0.185. The smallest absolute Gasteiger partial charge is 0.337 e. The highest BCUT2D eigenvalue weighted by molar-refractivity contribution is 6.31. The monoisotopic (exact) mass is 938 g/mol. The molecular weight excluding hydrogens is 887 g/mol. The zero-order valence-corrected chi connectivity index (χ0v) is 38.1. The molecule has 0 unspecified atom stereocenters. The minimum Gasteiger partial charge on any atom is -0.465 e. The summed E-state index contributed by atoms with van der Waals surface area (Å²) in [5.74, 6) is -0.551. The SMILES string of the molecule is COC(=O)c1ccc(CN(C(=O)N2CCN(C3COC3)CC2)c2ccc(Cl)cc2)cc1.COC(=O)c1ccc(CN(C(=O)N2CCNCC2)c2ccc(Cl)cc2)cc1.Cl.O=C1COC1. The Balaban J connectivity index is 0.000000215. The molecule has 342 valence electrons. The summed E-state index contributed by atoms with van der Waals surface area (Å²) in [7, 11) is 2.71. The Labute approximate surface area is 389 Å². The average molecular weight is 940 g/mol. The van der Waals surface area contributed by atoms with Crippen LogP contribution < -0.4 is 15.1 Å². The molecule has 4 saturated heterocycles. The van der Waals surface area contributed by atoms with Gasteiger partial charge in [-0.1, -0.05) is 47.5 Å². The van der Waals surface area contributed by atoms with Crippen LogP contribution in [0.2, 0.25) is 10.0 Å². The van der Waals surface area contributed by atoms with E-state index in [1.807, 2.05) is 58.3 Å². The van der Waals surface area contributed by atoms with E-state index in [0.29, 0.717) is 79.7 Å². The maximum absolute atomic E-state index is 13.5. The van der Waals surface area contributed by atoms with Crippen LogP contribution in [0.15, 0.2) is 97.1 Å². The van der Waals surface area contributed by atoms with Gasteiger partial charge in [-0.05, 0) is 83.9 Å². The number of carbonyl (C=O) groups is 5. The van der Waals surface area contributed by atoms with Crippen LogP contribution >= 0.6 is 35.6 Å². The van der Waals surface area contributed by atoms with Crippen molar-refractivity contribution < 1.29 is 42.9 Å². The van der Waals surface area contributed by atoms with E-state index < -0.39 is 0 Å². The lowest BCUT2D eigenvalue weighted by Crippen LogP contribution is -2.59. The van der Waals surface area contributed by atoms with Crippen molar-refractivity contribution in [1.29, 1.82) is 0 Å². The van der Waals surface area contributed by atoms with E-state index in [1.54, 1.807) is 58.3 Å². The largest absolute Gasteiger partial charge is 0.465 e. The van der Waals surface area contributed by atoms with Gasteiger partial charge in [0.1, 0.15) is 13.2 Å². The first-order chi connectivity index (χ1) is 30.5. The maximum atomic E-state index is 13.5. The van der Waals surface area contributed by atoms with E-state index in [1.165, 1.54) is 14.2 Å². The number of rotatable bonds is 9. The summed E-state index contributed by atoms with van der Waals surface area (Å²) >= 11 is 12.1. The molecule has 0 aliphatic carbocycles. The predicted octanol–water partition coefficient (Wildman–Crippen LogP) is 6.44. The Morgan fingerprint density at radius 2 is 1.00 bits per heavy atom. The number of amides is 4. The maximum Gasteiger partial charge on any atom is 0.337 e. The van der Waals surface area contributed by atoms with Crippen molar-refractivity contribution in [1.82, 2.24) is 20.0 Å². The van der Waals surface area contributed by atoms with E-state index in [0.717, 1.165) is 61.9 Å². The Morgan fingerprint density at radius 1 is 0.609 bits per heavy atom. The van der Waals surface area contributed by atoms with Gasteiger partial charge in [0.05, 0.1) is 57.7 Å². The number of ketones is 1. The molecule has 0 spiro atoms. The van der Waals surface area contributed by atoms with Gasteiger partial charge in [0.25, 0.3) is 0 Å². The summed E-state index contributed by atoms with van der Waals surface area (Å²) in [4.78, 5) is 69.3. The topological polar surface area (TPSA) is 150 Å². The number of carbonyl (C=O) groups excluding carboxylic acids is 5. The van der Waals surface area contributed by atoms with Crippen LogP contribution in [0.25, 0.3) is 0 Å². The van der Waals surface area contributed by atoms with Crippen LogP contribution in [-0.2, 0) is 36.8 Å². The lowest BCUT2D eigenvalue weighted by Gasteiger charge is -2.43. The van der Waals surface area contributed by atoms with Gasteiger partial charge >= 0.3 is 24.0 Å². The molecule has 4 heterocycles. The summed E-state index contributed by atoms with van der Waals surface area (Å²) < 4.78 is 19.3. The first-order valence-corrected chi connectivity index (χ1v) is 21.4. The van der Waals surface area contributed by atoms with Gasteiger partial charge in [0.2, 0.25) is 0 Å². The molecule has 0 aromatic heterocycles. The Kier molecular flexibility index (Phi) is 19.2. The summed E-state index contributed by atoms with van der Waals surface area (Å²) in [6.07, 6.45) is 0. The van der Waals surface area contributed by atoms with Crippen molar-refractivity contribution in [2.75, 3.05) is 103 Å². The Bertz CT molecular complexity index is 2140. The summed E-state index contributed by atoms with van der Waals surface area (Å²) in [5, 5.41) is 4.50. The average Bonchev–Trinajstić information content (AvgIpc) is 3.30. The molecule has 0 saturated carbocycles. The number of piperazine rings is 2. The third-order valence-corrected chi connectivity index (χ3v) is 11.3. The fraction of sp³-hybridized carbons (Fsp3) is 0.370. The fourth-order valence-electron chi connectivity index (χ4n) is 6.97. The second-order valence-electron chi connectivity index (χ2n) is 15.1. The normalized spacial score (nSPS) is 15.9. The van der Waals surface area contributed by atoms with Crippen molar-refractivity contribution in [2.24, 2.45) is 0 Å². The van der Waals surface area contributed by atoms with Crippen LogP contribution in [-0.4, -0.2) is 144 Å². The number of halogens is 3. The van der Waals surface area contributed by atoms with Gasteiger partial charge in [0, 0.05) is 73.8 Å². The Hall–Kier alpha value is -5.26. The van der Waals surface area contributed by atoms with Crippen LogP contribution in [0, 0.1) is 0 Å². The third-order valence-electron chi connectivity index (χ3n) is 10.8. The molecule has 0 bridgehead atoms. The first kappa shape index (κ1) is 49.8. The van der Waals surface area contributed by atoms with Gasteiger partial charge in [-0.2, -0.15) is 0 Å². The fourth-order valence-corrected chi connectivity index (χ4v) is 7.22. The molecule has 4 aliphatic heterocycles. The van der Waals surface area contributed by atoms with E-state index in [-0.39, 0.29) is 42.2 Å². The number of nitrogens with zero attached hydrogens (tertiary/aromatic N) is 5. The summed E-state index contributed by atoms with van der Waals surface area (Å²) in [6.45, 7) is 9.02. The van der Waals surface area contributed by atoms with Gasteiger partial charge in [-0.25, -0.2) is 19.2 Å². The number of nitrogens with one attached hydrogen (secondary N) is 1. The predicted molar refractivity (Wildman–Crippen MR) is 247 cm³/mol. The van der Waals surface area contributed by atoms with Crippen LogP contribution in [0.5, 0.6) is 0 Å². The van der Waals surface area contributed by atoms with Gasteiger partial charge in [-0.15, -0.1) is 12.4 Å². The summed E-state index contributed by atoms with van der Waals surface area (Å²) in [6, 6.07) is 29.1. The van der Waals surface area contributed by atoms with Crippen LogP contribution in [0.3, 0.4) is 0 Å². The van der Waals surface area contributed by atoms with Gasteiger partial charge in [-0.3, -0.25) is 19.5 Å². The molecule has 18 heteroatoms. The molecule has 4 aromatic rings. The molecule has 0 atom stereocenters. The number of methoxy groups -OCH3 is 2. The molecule has 0 radical (unpaired) electrons. The zero-order chi connectivity index (χ0) is 44.7. The molecule has 15 nitrogen and oxygen atoms in total. The molecule has 4 aromatic carbocycles. The number of hydrogen-bond donors (Lipinski definition) is 1. The second-order valence-corrected chi connectivity index (χ2v) is 15.9. The van der Waals surface area contributed by atoms with Crippen molar-refractivity contribution in [2.45, 2.75) is 19.1 Å². The molecule has 64 heavy (non-hydrogen) atoms. The highest BCUT2D eigenvalue weighted by atomic mass is 35.5. The third kappa shape index (κ3) is 13.9. The minimum atomic E-state index is -0.382. The number of ether oxygens (including phenoxy) is 4. The molecule has 4 fully saturated rings. The standard InChI is InChI=1S/C23H26ClN3O4.C20H22ClN3O3.C3H4O2.ClH/c1-30-22(28)18-4-2-17(3-5-18)14-27(20-8-6-19(24)7-9-20)23(29)26-12-10-25(11-13-26)21-15-31-16-21;1-27-19(25)16-4-2-15(3-5-16)14-24(18-8-6-17(21)7-9-18)20(26)23-12-10-22-11-13-23;4-3-1-5-2-3;/h2-9,21H,10-16H2,1H3;2-9,22H,10-14H2,1H3;1-2H2;1H.